The van der Waals surface area contributed by atoms with Gasteiger partial charge in [0.25, 0.3) is 0 Å². The third-order valence-electron chi connectivity index (χ3n) is 1.80. The predicted molar refractivity (Wildman–Crippen MR) is 48.1 cm³/mol. The van der Waals surface area contributed by atoms with E-state index < -0.39 is 0 Å². The fourth-order valence-electron chi connectivity index (χ4n) is 0.968. The molecule has 0 spiro atoms. The predicted octanol–water partition coefficient (Wildman–Crippen LogP) is 0.546. The van der Waals surface area contributed by atoms with E-state index in [-0.39, 0.29) is 12.7 Å². The van der Waals surface area contributed by atoms with Crippen LogP contribution in [0.25, 0.3) is 0 Å². The third-order valence-corrected chi connectivity index (χ3v) is 1.80. The third kappa shape index (κ3) is 3.08. The molecule has 0 aromatic carbocycles. The van der Waals surface area contributed by atoms with Crippen LogP contribution in [0.5, 0.6) is 0 Å². The van der Waals surface area contributed by atoms with Gasteiger partial charge < -0.3 is 9.84 Å². The Morgan fingerprint density at radius 1 is 1.62 bits per heavy atom. The number of aromatic nitrogens is 2. The maximum Gasteiger partial charge on any atom is 0.131 e. The number of hydrogen-bond donors (Lipinski definition) is 1. The first-order valence-corrected chi connectivity index (χ1v) is 4.20. The van der Waals surface area contributed by atoms with Crippen molar-refractivity contribution in [2.75, 3.05) is 7.11 Å². The smallest absolute Gasteiger partial charge is 0.131 e. The number of aliphatic hydroxyl groups excluding tert-OH is 1. The van der Waals surface area contributed by atoms with Crippen molar-refractivity contribution in [2.45, 2.75) is 26.1 Å². The molecule has 0 aliphatic rings. The molecule has 0 saturated heterocycles. The van der Waals surface area contributed by atoms with E-state index in [1.165, 1.54) is 0 Å². The fraction of sp³-hybridized carbons (Fsp3) is 0.556. The molecule has 0 saturated carbocycles. The van der Waals surface area contributed by atoms with Crippen LogP contribution in [0, 0.1) is 0 Å². The Bertz CT molecular complexity index is 266. The zero-order chi connectivity index (χ0) is 9.68. The van der Waals surface area contributed by atoms with Gasteiger partial charge in [0.1, 0.15) is 5.82 Å². The highest BCUT2D eigenvalue weighted by molar-refractivity contribution is 5.01. The average molecular weight is 182 g/mol. The minimum atomic E-state index is -0.0448. The van der Waals surface area contributed by atoms with Crippen LogP contribution in [0.15, 0.2) is 12.3 Å². The van der Waals surface area contributed by atoms with E-state index in [2.05, 4.69) is 9.97 Å². The SMILES string of the molecule is COC(C)Cc1nccc(CO)n1. The van der Waals surface area contributed by atoms with Crippen LogP contribution in [-0.4, -0.2) is 28.3 Å². The van der Waals surface area contributed by atoms with E-state index in [9.17, 15) is 0 Å². The number of aliphatic hydroxyl groups is 1. The minimum Gasteiger partial charge on any atom is -0.390 e. The molecule has 1 heterocycles. The minimum absolute atomic E-state index is 0.0448. The van der Waals surface area contributed by atoms with E-state index in [1.807, 2.05) is 6.92 Å². The van der Waals surface area contributed by atoms with Crippen molar-refractivity contribution in [2.24, 2.45) is 0 Å². The molecule has 1 rings (SSSR count). The molecule has 13 heavy (non-hydrogen) atoms. The second-order valence-electron chi connectivity index (χ2n) is 2.87. The Morgan fingerprint density at radius 3 is 3.00 bits per heavy atom. The zero-order valence-corrected chi connectivity index (χ0v) is 7.90. The summed E-state index contributed by atoms with van der Waals surface area (Å²) in [6.45, 7) is 1.91. The summed E-state index contributed by atoms with van der Waals surface area (Å²) in [7, 11) is 1.65. The molecular weight excluding hydrogens is 168 g/mol. The maximum absolute atomic E-state index is 8.83. The summed E-state index contributed by atoms with van der Waals surface area (Å²) < 4.78 is 5.09. The molecule has 4 heteroatoms. The molecule has 1 atom stereocenters. The van der Waals surface area contributed by atoms with Crippen LogP contribution in [0.4, 0.5) is 0 Å². The largest absolute Gasteiger partial charge is 0.390 e. The first kappa shape index (κ1) is 10.1. The first-order chi connectivity index (χ1) is 6.26. The molecule has 0 aliphatic heterocycles. The van der Waals surface area contributed by atoms with Crippen LogP contribution in [0.1, 0.15) is 18.4 Å². The molecule has 0 fully saturated rings. The van der Waals surface area contributed by atoms with Gasteiger partial charge in [-0.15, -0.1) is 0 Å². The zero-order valence-electron chi connectivity index (χ0n) is 7.90. The van der Waals surface area contributed by atoms with Crippen molar-refractivity contribution < 1.29 is 9.84 Å². The Labute approximate surface area is 77.6 Å². The van der Waals surface area contributed by atoms with E-state index >= 15 is 0 Å². The lowest BCUT2D eigenvalue weighted by Crippen LogP contribution is -2.11. The van der Waals surface area contributed by atoms with Gasteiger partial charge in [0.05, 0.1) is 18.4 Å². The lowest BCUT2D eigenvalue weighted by atomic mass is 10.2. The van der Waals surface area contributed by atoms with Crippen molar-refractivity contribution in [1.82, 2.24) is 9.97 Å². The summed E-state index contributed by atoms with van der Waals surface area (Å²) in [5.41, 5.74) is 0.647. The average Bonchev–Trinajstić information content (AvgIpc) is 2.18. The molecule has 0 aliphatic carbocycles. The lowest BCUT2D eigenvalue weighted by molar-refractivity contribution is 0.117. The van der Waals surface area contributed by atoms with Gasteiger partial charge in [0.2, 0.25) is 0 Å². The van der Waals surface area contributed by atoms with Crippen LogP contribution < -0.4 is 0 Å². The molecule has 1 N–H and O–H groups in total. The monoisotopic (exact) mass is 182 g/mol. The molecule has 0 radical (unpaired) electrons. The Hall–Kier alpha value is -1.00. The lowest BCUT2D eigenvalue weighted by Gasteiger charge is -2.07. The Balaban J connectivity index is 2.66. The summed E-state index contributed by atoms with van der Waals surface area (Å²) in [5.74, 6) is 0.709. The number of methoxy groups -OCH3 is 1. The van der Waals surface area contributed by atoms with Crippen LogP contribution in [0.3, 0.4) is 0 Å². The Kier molecular flexibility index (Phi) is 3.79. The van der Waals surface area contributed by atoms with Gasteiger partial charge >= 0.3 is 0 Å². The van der Waals surface area contributed by atoms with Crippen LogP contribution >= 0.6 is 0 Å². The highest BCUT2D eigenvalue weighted by Crippen LogP contribution is 2.00. The van der Waals surface area contributed by atoms with Gasteiger partial charge in [-0.1, -0.05) is 0 Å². The first-order valence-electron chi connectivity index (χ1n) is 4.20. The molecule has 1 aromatic heterocycles. The molecule has 1 unspecified atom stereocenters. The van der Waals surface area contributed by atoms with Gasteiger partial charge in [-0.05, 0) is 13.0 Å². The number of ether oxygens (including phenoxy) is 1. The van der Waals surface area contributed by atoms with Gasteiger partial charge in [0.15, 0.2) is 0 Å². The van der Waals surface area contributed by atoms with Crippen LogP contribution in [0.2, 0.25) is 0 Å². The second kappa shape index (κ2) is 4.89. The molecule has 1 aromatic rings. The van der Waals surface area contributed by atoms with E-state index in [0.717, 1.165) is 0 Å². The summed E-state index contributed by atoms with van der Waals surface area (Å²) >= 11 is 0. The summed E-state index contributed by atoms with van der Waals surface area (Å²) in [5, 5.41) is 8.83. The molecular formula is C9H14N2O2. The number of rotatable bonds is 4. The number of nitrogens with zero attached hydrogens (tertiary/aromatic N) is 2. The van der Waals surface area contributed by atoms with Crippen molar-refractivity contribution in [3.05, 3.63) is 23.8 Å². The van der Waals surface area contributed by atoms with Crippen molar-refractivity contribution >= 4 is 0 Å². The summed E-state index contributed by atoms with van der Waals surface area (Å²) in [6.07, 6.45) is 2.43. The topological polar surface area (TPSA) is 55.2 Å². The van der Waals surface area contributed by atoms with Gasteiger partial charge in [-0.3, -0.25) is 0 Å². The van der Waals surface area contributed by atoms with E-state index in [1.54, 1.807) is 19.4 Å². The normalized spacial score (nSPS) is 12.8. The van der Waals surface area contributed by atoms with Crippen molar-refractivity contribution in [3.63, 3.8) is 0 Å². The Morgan fingerprint density at radius 2 is 2.38 bits per heavy atom. The fourth-order valence-corrected chi connectivity index (χ4v) is 0.968. The van der Waals surface area contributed by atoms with E-state index in [4.69, 9.17) is 9.84 Å². The highest BCUT2D eigenvalue weighted by Gasteiger charge is 2.04. The maximum atomic E-state index is 8.83. The van der Waals surface area contributed by atoms with Crippen molar-refractivity contribution in [1.29, 1.82) is 0 Å². The highest BCUT2D eigenvalue weighted by atomic mass is 16.5. The standard InChI is InChI=1S/C9H14N2O2/c1-7(13-2)5-9-10-4-3-8(6-12)11-9/h3-4,7,12H,5-6H2,1-2H3. The van der Waals surface area contributed by atoms with Crippen molar-refractivity contribution in [3.8, 4) is 0 Å². The second-order valence-corrected chi connectivity index (χ2v) is 2.87. The summed E-state index contributed by atoms with van der Waals surface area (Å²) in [6, 6.07) is 1.70. The molecule has 0 bridgehead atoms. The summed E-state index contributed by atoms with van der Waals surface area (Å²) in [4.78, 5) is 8.21. The molecule has 4 nitrogen and oxygen atoms in total. The van der Waals surface area contributed by atoms with Gasteiger partial charge in [-0.2, -0.15) is 0 Å². The molecule has 72 valence electrons. The molecule has 0 amide bonds. The quantitative estimate of drug-likeness (QED) is 0.738. The number of hydrogen-bond acceptors (Lipinski definition) is 4. The van der Waals surface area contributed by atoms with Gasteiger partial charge in [0, 0.05) is 19.7 Å². The van der Waals surface area contributed by atoms with E-state index in [0.29, 0.717) is 17.9 Å². The van der Waals surface area contributed by atoms with Gasteiger partial charge in [-0.25, -0.2) is 9.97 Å². The van der Waals surface area contributed by atoms with Crippen LogP contribution in [-0.2, 0) is 17.8 Å².